The molecule has 17 heavy (non-hydrogen) atoms. The second-order valence-electron chi connectivity index (χ2n) is 4.44. The van der Waals surface area contributed by atoms with E-state index >= 15 is 0 Å². The molecule has 4 nitrogen and oxygen atoms in total. The largest absolute Gasteiger partial charge is 0.328 e. The molecule has 1 fully saturated rings. The normalized spacial score (nSPS) is 24.4. The Morgan fingerprint density at radius 3 is 2.76 bits per heavy atom. The van der Waals surface area contributed by atoms with Crippen LogP contribution in [0.25, 0.3) is 0 Å². The number of pyridine rings is 1. The number of carbonyl (C=O) groups excluding carboxylic acids is 1. The number of rotatable bonds is 2. The van der Waals surface area contributed by atoms with Gasteiger partial charge in [0.15, 0.2) is 0 Å². The van der Waals surface area contributed by atoms with Gasteiger partial charge in [-0.15, -0.1) is 0 Å². The highest BCUT2D eigenvalue weighted by Crippen LogP contribution is 2.26. The van der Waals surface area contributed by atoms with Crippen molar-refractivity contribution in [3.8, 4) is 0 Å². The average molecular weight is 298 g/mol. The van der Waals surface area contributed by atoms with Gasteiger partial charge in [-0.3, -0.25) is 4.79 Å². The Balaban J connectivity index is 1.95. The van der Waals surface area contributed by atoms with Gasteiger partial charge in [-0.05, 0) is 53.7 Å². The Morgan fingerprint density at radius 2 is 2.12 bits per heavy atom. The molecule has 0 radical (unpaired) electrons. The highest BCUT2D eigenvalue weighted by atomic mass is 79.9. The van der Waals surface area contributed by atoms with Crippen LogP contribution >= 0.6 is 15.9 Å². The molecule has 3 N–H and O–H groups in total. The molecule has 1 aromatic heterocycles. The lowest BCUT2D eigenvalue weighted by molar-refractivity contribution is -0.120. The molecule has 0 saturated heterocycles. The maximum atomic E-state index is 12.0. The monoisotopic (exact) mass is 297 g/mol. The third-order valence-corrected chi connectivity index (χ3v) is 3.79. The molecule has 0 atom stereocenters. The summed E-state index contributed by atoms with van der Waals surface area (Å²) in [5.41, 5.74) is 6.55. The van der Waals surface area contributed by atoms with Gasteiger partial charge in [0.05, 0.1) is 5.69 Å². The Kier molecular flexibility index (Phi) is 4.12. The fraction of sp³-hybridized carbons (Fsp3) is 0.500. The SMILES string of the molecule is NC1CCC(C(=O)Nc2cccnc2Br)CC1. The van der Waals surface area contributed by atoms with Crippen molar-refractivity contribution >= 4 is 27.5 Å². The molecule has 1 heterocycles. The van der Waals surface area contributed by atoms with Crippen molar-refractivity contribution in [3.63, 3.8) is 0 Å². The molecule has 0 aliphatic heterocycles. The van der Waals surface area contributed by atoms with E-state index in [9.17, 15) is 4.79 Å². The first-order valence-electron chi connectivity index (χ1n) is 5.84. The smallest absolute Gasteiger partial charge is 0.227 e. The molecule has 2 rings (SSSR count). The van der Waals surface area contributed by atoms with Gasteiger partial charge in [-0.2, -0.15) is 0 Å². The Morgan fingerprint density at radius 1 is 1.41 bits per heavy atom. The summed E-state index contributed by atoms with van der Waals surface area (Å²) in [6.45, 7) is 0. The van der Waals surface area contributed by atoms with Crippen molar-refractivity contribution in [2.45, 2.75) is 31.7 Å². The molecule has 5 heteroatoms. The molecule has 1 aliphatic rings. The van der Waals surface area contributed by atoms with Gasteiger partial charge in [-0.1, -0.05) is 0 Å². The number of nitrogens with two attached hydrogens (primary N) is 1. The van der Waals surface area contributed by atoms with Crippen LogP contribution in [0.1, 0.15) is 25.7 Å². The van der Waals surface area contributed by atoms with Gasteiger partial charge in [0.25, 0.3) is 0 Å². The Hall–Kier alpha value is -0.940. The molecule has 1 aromatic rings. The summed E-state index contributed by atoms with van der Waals surface area (Å²) < 4.78 is 0.667. The van der Waals surface area contributed by atoms with E-state index in [-0.39, 0.29) is 17.9 Å². The van der Waals surface area contributed by atoms with E-state index in [1.54, 1.807) is 12.3 Å². The molecule has 0 bridgehead atoms. The number of aromatic nitrogens is 1. The molecule has 0 aromatic carbocycles. The number of amides is 1. The zero-order valence-electron chi connectivity index (χ0n) is 9.53. The summed E-state index contributed by atoms with van der Waals surface area (Å²) >= 11 is 3.31. The van der Waals surface area contributed by atoms with Gasteiger partial charge in [0.1, 0.15) is 4.60 Å². The van der Waals surface area contributed by atoms with Crippen molar-refractivity contribution in [1.82, 2.24) is 4.98 Å². The van der Waals surface area contributed by atoms with Crippen molar-refractivity contribution in [3.05, 3.63) is 22.9 Å². The number of anilines is 1. The number of hydrogen-bond acceptors (Lipinski definition) is 3. The molecule has 0 spiro atoms. The number of nitrogens with one attached hydrogen (secondary N) is 1. The zero-order chi connectivity index (χ0) is 12.3. The van der Waals surface area contributed by atoms with Gasteiger partial charge >= 0.3 is 0 Å². The third-order valence-electron chi connectivity index (χ3n) is 3.16. The molecule has 1 saturated carbocycles. The minimum absolute atomic E-state index is 0.0746. The Labute approximate surface area is 109 Å². The maximum Gasteiger partial charge on any atom is 0.227 e. The second kappa shape index (κ2) is 5.60. The molecule has 92 valence electrons. The summed E-state index contributed by atoms with van der Waals surface area (Å²) in [7, 11) is 0. The second-order valence-corrected chi connectivity index (χ2v) is 5.19. The van der Waals surface area contributed by atoms with Crippen LogP contribution in [0, 0.1) is 5.92 Å². The van der Waals surface area contributed by atoms with Crippen LogP contribution in [0.5, 0.6) is 0 Å². The number of carbonyl (C=O) groups is 1. The van der Waals surface area contributed by atoms with E-state index in [1.165, 1.54) is 0 Å². The van der Waals surface area contributed by atoms with E-state index in [0.29, 0.717) is 4.60 Å². The van der Waals surface area contributed by atoms with Gasteiger partial charge in [0, 0.05) is 18.2 Å². The van der Waals surface area contributed by atoms with Crippen LogP contribution in [-0.2, 0) is 4.79 Å². The first-order chi connectivity index (χ1) is 8.16. The van der Waals surface area contributed by atoms with E-state index < -0.39 is 0 Å². The van der Waals surface area contributed by atoms with Gasteiger partial charge < -0.3 is 11.1 Å². The highest BCUT2D eigenvalue weighted by molar-refractivity contribution is 9.10. The average Bonchev–Trinajstić information content (AvgIpc) is 2.33. The quantitative estimate of drug-likeness (QED) is 0.823. The molecule has 1 aliphatic carbocycles. The first-order valence-corrected chi connectivity index (χ1v) is 6.63. The van der Waals surface area contributed by atoms with Crippen LogP contribution in [0.2, 0.25) is 0 Å². The number of halogens is 1. The maximum absolute atomic E-state index is 12.0. The third kappa shape index (κ3) is 3.26. The molecular weight excluding hydrogens is 282 g/mol. The summed E-state index contributed by atoms with van der Waals surface area (Å²) in [6, 6.07) is 3.91. The van der Waals surface area contributed by atoms with Crippen molar-refractivity contribution in [1.29, 1.82) is 0 Å². The van der Waals surface area contributed by atoms with Crippen molar-refractivity contribution in [2.24, 2.45) is 11.7 Å². The van der Waals surface area contributed by atoms with Crippen LogP contribution in [0.4, 0.5) is 5.69 Å². The molecule has 1 amide bonds. The van der Waals surface area contributed by atoms with Crippen LogP contribution in [-0.4, -0.2) is 16.9 Å². The molecular formula is C12H16BrN3O. The fourth-order valence-electron chi connectivity index (χ4n) is 2.10. The minimum atomic E-state index is 0.0746. The van der Waals surface area contributed by atoms with Crippen molar-refractivity contribution < 1.29 is 4.79 Å². The standard InChI is InChI=1S/C12H16BrN3O/c13-11-10(2-1-7-15-11)16-12(17)8-3-5-9(14)6-4-8/h1-2,7-9H,3-6,14H2,(H,16,17). The zero-order valence-corrected chi connectivity index (χ0v) is 11.1. The first kappa shape index (κ1) is 12.5. The lowest BCUT2D eigenvalue weighted by atomic mass is 9.86. The Bertz CT molecular complexity index is 402. The summed E-state index contributed by atoms with van der Waals surface area (Å²) in [5, 5.41) is 2.91. The van der Waals surface area contributed by atoms with Gasteiger partial charge in [0.2, 0.25) is 5.91 Å². The van der Waals surface area contributed by atoms with E-state index in [4.69, 9.17) is 5.73 Å². The van der Waals surface area contributed by atoms with Crippen LogP contribution < -0.4 is 11.1 Å². The van der Waals surface area contributed by atoms with Crippen LogP contribution in [0.3, 0.4) is 0 Å². The van der Waals surface area contributed by atoms with E-state index in [1.807, 2.05) is 6.07 Å². The highest BCUT2D eigenvalue weighted by Gasteiger charge is 2.24. The van der Waals surface area contributed by atoms with Gasteiger partial charge in [-0.25, -0.2) is 4.98 Å². The van der Waals surface area contributed by atoms with Crippen LogP contribution in [0.15, 0.2) is 22.9 Å². The minimum Gasteiger partial charge on any atom is -0.328 e. The van der Waals surface area contributed by atoms with Crippen molar-refractivity contribution in [2.75, 3.05) is 5.32 Å². The summed E-state index contributed by atoms with van der Waals surface area (Å²) in [4.78, 5) is 16.1. The number of hydrogen-bond donors (Lipinski definition) is 2. The van der Waals surface area contributed by atoms with E-state index in [2.05, 4.69) is 26.2 Å². The summed E-state index contributed by atoms with van der Waals surface area (Å²) in [5.74, 6) is 0.160. The predicted octanol–water partition coefficient (Wildman–Crippen LogP) is 2.30. The predicted molar refractivity (Wildman–Crippen MR) is 70.5 cm³/mol. The topological polar surface area (TPSA) is 68.0 Å². The molecule has 0 unspecified atom stereocenters. The fourth-order valence-corrected chi connectivity index (χ4v) is 2.44. The van der Waals surface area contributed by atoms with E-state index in [0.717, 1.165) is 31.4 Å². The number of nitrogens with zero attached hydrogens (tertiary/aromatic N) is 1. The lowest BCUT2D eigenvalue weighted by Crippen LogP contribution is -2.32. The lowest BCUT2D eigenvalue weighted by Gasteiger charge is -2.25. The summed E-state index contributed by atoms with van der Waals surface area (Å²) in [6.07, 6.45) is 5.31.